The van der Waals surface area contributed by atoms with Gasteiger partial charge in [0.05, 0.1) is 12.2 Å². The van der Waals surface area contributed by atoms with Crippen LogP contribution in [0, 0.1) is 0 Å². The summed E-state index contributed by atoms with van der Waals surface area (Å²) in [5.41, 5.74) is 2.09. The van der Waals surface area contributed by atoms with Crippen LogP contribution >= 0.6 is 15.9 Å². The van der Waals surface area contributed by atoms with E-state index in [1.165, 1.54) is 0 Å². The van der Waals surface area contributed by atoms with Gasteiger partial charge in [-0.15, -0.1) is 0 Å². The van der Waals surface area contributed by atoms with Crippen molar-refractivity contribution < 1.29 is 9.47 Å². The van der Waals surface area contributed by atoms with E-state index in [1.807, 2.05) is 32.3 Å². The summed E-state index contributed by atoms with van der Waals surface area (Å²) in [6, 6.07) is 5.97. The lowest BCUT2D eigenvalue weighted by molar-refractivity contribution is 0.171. The van der Waals surface area contributed by atoms with Gasteiger partial charge in [-0.1, -0.05) is 0 Å². The lowest BCUT2D eigenvalue weighted by atomic mass is 10.1. The van der Waals surface area contributed by atoms with Gasteiger partial charge in [-0.2, -0.15) is 0 Å². The molecule has 1 aliphatic rings. The standard InChI is InChI=1S/C14H16BrN3O2/c1-16-8-12-17-14(15)13(18(12)2)9-3-4-10-11(7-9)20-6-5-19-10/h3-4,7,16H,5-6,8H2,1-2H3. The number of nitrogens with zero attached hydrogens (tertiary/aromatic N) is 2. The normalized spacial score (nSPS) is 13.6. The molecule has 1 aliphatic heterocycles. The zero-order valence-corrected chi connectivity index (χ0v) is 13.0. The van der Waals surface area contributed by atoms with Crippen LogP contribution < -0.4 is 14.8 Å². The van der Waals surface area contributed by atoms with Crippen molar-refractivity contribution in [3.63, 3.8) is 0 Å². The third-order valence-corrected chi connectivity index (χ3v) is 3.85. The van der Waals surface area contributed by atoms with Crippen molar-refractivity contribution in [3.05, 3.63) is 28.6 Å². The molecule has 0 atom stereocenters. The van der Waals surface area contributed by atoms with Crippen LogP contribution in [-0.4, -0.2) is 29.8 Å². The van der Waals surface area contributed by atoms with Crippen LogP contribution in [0.25, 0.3) is 11.3 Å². The molecule has 2 heterocycles. The Labute approximate surface area is 126 Å². The zero-order valence-electron chi connectivity index (χ0n) is 11.4. The fraction of sp³-hybridized carbons (Fsp3) is 0.357. The second-order valence-corrected chi connectivity index (χ2v) is 5.37. The molecule has 0 aliphatic carbocycles. The van der Waals surface area contributed by atoms with Gasteiger partial charge in [0.2, 0.25) is 0 Å². The second-order valence-electron chi connectivity index (χ2n) is 4.62. The number of rotatable bonds is 3. The van der Waals surface area contributed by atoms with Gasteiger partial charge in [-0.05, 0) is 41.2 Å². The van der Waals surface area contributed by atoms with Crippen LogP contribution in [0.2, 0.25) is 0 Å². The molecule has 3 rings (SSSR count). The molecular formula is C14H16BrN3O2. The van der Waals surface area contributed by atoms with E-state index in [9.17, 15) is 0 Å². The monoisotopic (exact) mass is 337 g/mol. The van der Waals surface area contributed by atoms with E-state index in [1.54, 1.807) is 0 Å². The van der Waals surface area contributed by atoms with E-state index < -0.39 is 0 Å². The smallest absolute Gasteiger partial charge is 0.162 e. The van der Waals surface area contributed by atoms with Crippen LogP contribution in [0.3, 0.4) is 0 Å². The van der Waals surface area contributed by atoms with Gasteiger partial charge in [-0.25, -0.2) is 4.98 Å². The van der Waals surface area contributed by atoms with E-state index in [0.717, 1.165) is 39.7 Å². The van der Waals surface area contributed by atoms with Crippen LogP contribution in [0.1, 0.15) is 5.82 Å². The first-order valence-corrected chi connectivity index (χ1v) is 7.25. The Kier molecular flexibility index (Phi) is 3.67. The molecule has 1 N–H and O–H groups in total. The quantitative estimate of drug-likeness (QED) is 0.933. The predicted molar refractivity (Wildman–Crippen MR) is 80.1 cm³/mol. The highest BCUT2D eigenvalue weighted by molar-refractivity contribution is 9.10. The highest BCUT2D eigenvalue weighted by Crippen LogP contribution is 2.36. The highest BCUT2D eigenvalue weighted by Gasteiger charge is 2.17. The lowest BCUT2D eigenvalue weighted by Gasteiger charge is -2.19. The summed E-state index contributed by atoms with van der Waals surface area (Å²) >= 11 is 3.54. The molecule has 1 aromatic carbocycles. The molecule has 0 bridgehead atoms. The predicted octanol–water partition coefficient (Wildman–Crippen LogP) is 2.34. The Morgan fingerprint density at radius 3 is 2.80 bits per heavy atom. The van der Waals surface area contributed by atoms with E-state index in [0.29, 0.717) is 13.2 Å². The van der Waals surface area contributed by atoms with Crippen LogP contribution in [0.4, 0.5) is 0 Å². The zero-order chi connectivity index (χ0) is 14.1. The van der Waals surface area contributed by atoms with Gasteiger partial charge in [0, 0.05) is 12.6 Å². The van der Waals surface area contributed by atoms with E-state index in [-0.39, 0.29) is 0 Å². The maximum atomic E-state index is 5.64. The van der Waals surface area contributed by atoms with Crippen molar-refractivity contribution in [1.82, 2.24) is 14.9 Å². The van der Waals surface area contributed by atoms with Crippen molar-refractivity contribution in [3.8, 4) is 22.8 Å². The molecular weight excluding hydrogens is 322 g/mol. The van der Waals surface area contributed by atoms with Crippen molar-refractivity contribution in [2.75, 3.05) is 20.3 Å². The third kappa shape index (κ3) is 2.29. The van der Waals surface area contributed by atoms with Gasteiger partial charge in [0.15, 0.2) is 11.5 Å². The molecule has 0 amide bonds. The summed E-state index contributed by atoms with van der Waals surface area (Å²) in [5.74, 6) is 2.56. The van der Waals surface area contributed by atoms with E-state index in [4.69, 9.17) is 9.47 Å². The Balaban J connectivity index is 2.04. The number of ether oxygens (including phenoxy) is 2. The molecule has 20 heavy (non-hydrogen) atoms. The number of nitrogens with one attached hydrogen (secondary N) is 1. The summed E-state index contributed by atoms with van der Waals surface area (Å²) in [5, 5.41) is 3.12. The lowest BCUT2D eigenvalue weighted by Crippen LogP contribution is -2.15. The van der Waals surface area contributed by atoms with Crippen molar-refractivity contribution in [1.29, 1.82) is 0 Å². The number of hydrogen-bond donors (Lipinski definition) is 1. The first-order valence-electron chi connectivity index (χ1n) is 6.46. The molecule has 5 nitrogen and oxygen atoms in total. The number of aromatic nitrogens is 2. The maximum Gasteiger partial charge on any atom is 0.162 e. The first-order chi connectivity index (χ1) is 9.70. The molecule has 0 saturated heterocycles. The molecule has 0 saturated carbocycles. The van der Waals surface area contributed by atoms with E-state index >= 15 is 0 Å². The van der Waals surface area contributed by atoms with Gasteiger partial charge < -0.3 is 19.4 Å². The summed E-state index contributed by atoms with van der Waals surface area (Å²) in [4.78, 5) is 4.53. The number of benzene rings is 1. The minimum Gasteiger partial charge on any atom is -0.486 e. The number of halogens is 1. The first kappa shape index (κ1) is 13.5. The fourth-order valence-electron chi connectivity index (χ4n) is 2.33. The summed E-state index contributed by atoms with van der Waals surface area (Å²) in [6.45, 7) is 1.92. The van der Waals surface area contributed by atoms with Crippen LogP contribution in [0.15, 0.2) is 22.8 Å². The van der Waals surface area contributed by atoms with E-state index in [2.05, 4.69) is 30.8 Å². The average Bonchev–Trinajstić information content (AvgIpc) is 2.73. The maximum absolute atomic E-state index is 5.64. The van der Waals surface area contributed by atoms with Gasteiger partial charge in [-0.3, -0.25) is 0 Å². The summed E-state index contributed by atoms with van der Waals surface area (Å²) < 4.78 is 14.1. The average molecular weight is 338 g/mol. The van der Waals surface area contributed by atoms with Gasteiger partial charge in [0.1, 0.15) is 23.6 Å². The molecule has 1 aromatic heterocycles. The topological polar surface area (TPSA) is 48.3 Å². The minimum atomic E-state index is 0.591. The number of imidazole rings is 1. The van der Waals surface area contributed by atoms with Crippen LogP contribution in [-0.2, 0) is 13.6 Å². The largest absolute Gasteiger partial charge is 0.486 e. The van der Waals surface area contributed by atoms with Gasteiger partial charge >= 0.3 is 0 Å². The Hall–Kier alpha value is -1.53. The Morgan fingerprint density at radius 2 is 2.05 bits per heavy atom. The Morgan fingerprint density at radius 1 is 1.30 bits per heavy atom. The fourth-order valence-corrected chi connectivity index (χ4v) is 3.03. The third-order valence-electron chi connectivity index (χ3n) is 3.30. The van der Waals surface area contributed by atoms with Gasteiger partial charge in [0.25, 0.3) is 0 Å². The van der Waals surface area contributed by atoms with Crippen LogP contribution in [0.5, 0.6) is 11.5 Å². The summed E-state index contributed by atoms with van der Waals surface area (Å²) in [6.07, 6.45) is 0. The molecule has 106 valence electrons. The number of fused-ring (bicyclic) bond motifs is 1. The highest BCUT2D eigenvalue weighted by atomic mass is 79.9. The Bertz CT molecular complexity index is 640. The SMILES string of the molecule is CNCc1nc(Br)c(-c2ccc3c(c2)OCCO3)n1C. The summed E-state index contributed by atoms with van der Waals surface area (Å²) in [7, 11) is 3.92. The van der Waals surface area contributed by atoms with Crippen molar-refractivity contribution in [2.24, 2.45) is 7.05 Å². The molecule has 6 heteroatoms. The minimum absolute atomic E-state index is 0.591. The molecule has 0 fully saturated rings. The molecule has 2 aromatic rings. The second kappa shape index (κ2) is 5.46. The van der Waals surface area contributed by atoms with Crippen molar-refractivity contribution >= 4 is 15.9 Å². The molecule has 0 unspecified atom stereocenters. The molecule has 0 spiro atoms. The molecule has 0 radical (unpaired) electrons. The van der Waals surface area contributed by atoms with Crippen molar-refractivity contribution in [2.45, 2.75) is 6.54 Å². The number of hydrogen-bond acceptors (Lipinski definition) is 4.